The van der Waals surface area contributed by atoms with Crippen LogP contribution < -0.4 is 5.73 Å². The second-order valence-electron chi connectivity index (χ2n) is 10.4. The van der Waals surface area contributed by atoms with Crippen LogP contribution in [0.3, 0.4) is 0 Å². The number of hydrogen-bond donors (Lipinski definition) is 2. The van der Waals surface area contributed by atoms with Gasteiger partial charge < -0.3 is 10.7 Å². The van der Waals surface area contributed by atoms with Crippen molar-refractivity contribution in [1.82, 2.24) is 24.5 Å². The summed E-state index contributed by atoms with van der Waals surface area (Å²) in [5.74, 6) is -3.86. The smallest absolute Gasteiger partial charge is 0.264 e. The molecule has 2 atom stereocenters. The highest BCUT2D eigenvalue weighted by Crippen LogP contribution is 2.72. The first-order valence-electron chi connectivity index (χ1n) is 11.9. The molecular formula is C25H28F2N6OS. The Morgan fingerprint density at radius 1 is 1.37 bits per heavy atom. The van der Waals surface area contributed by atoms with Crippen molar-refractivity contribution >= 4 is 33.1 Å². The summed E-state index contributed by atoms with van der Waals surface area (Å²) in [5, 5.41) is 5.36. The van der Waals surface area contributed by atoms with Crippen LogP contribution in [0.4, 0.5) is 8.78 Å². The number of halogens is 2. The molecule has 6 rings (SSSR count). The fourth-order valence-corrected chi connectivity index (χ4v) is 7.85. The van der Waals surface area contributed by atoms with E-state index in [2.05, 4.69) is 35.0 Å². The Morgan fingerprint density at radius 2 is 2.14 bits per heavy atom. The Kier molecular flexibility index (Phi) is 4.73. The van der Waals surface area contributed by atoms with Gasteiger partial charge in [-0.1, -0.05) is 13.8 Å². The molecule has 1 saturated heterocycles. The molecule has 0 spiro atoms. The number of nitrogens with two attached hydrogens (primary N) is 1. The lowest BCUT2D eigenvalue weighted by Crippen LogP contribution is -2.41. The molecule has 4 aromatic rings. The Hall–Kier alpha value is -2.85. The van der Waals surface area contributed by atoms with E-state index in [4.69, 9.17) is 5.73 Å². The zero-order valence-corrected chi connectivity index (χ0v) is 21.0. The predicted octanol–water partition coefficient (Wildman–Crippen LogP) is 4.37. The molecule has 3 N–H and O–H groups in total. The monoisotopic (exact) mass is 498 g/mol. The molecular weight excluding hydrogens is 470 g/mol. The molecule has 0 aromatic carbocycles. The van der Waals surface area contributed by atoms with Crippen LogP contribution in [0.25, 0.3) is 27.1 Å². The molecule has 0 radical (unpaired) electrons. The van der Waals surface area contributed by atoms with Crippen LogP contribution in [0.15, 0.2) is 18.6 Å². The fraction of sp³-hybridized carbons (Fsp3) is 0.480. The molecule has 2 aliphatic rings. The number of aromatic nitrogens is 4. The van der Waals surface area contributed by atoms with Crippen molar-refractivity contribution in [2.45, 2.75) is 51.4 Å². The average molecular weight is 499 g/mol. The summed E-state index contributed by atoms with van der Waals surface area (Å²) >= 11 is 1.46. The van der Waals surface area contributed by atoms with Crippen LogP contribution in [0.2, 0.25) is 0 Å². The number of thiophene rings is 1. The minimum atomic E-state index is -2.79. The minimum Gasteiger partial charge on any atom is -0.369 e. The molecule has 2 unspecified atom stereocenters. The lowest BCUT2D eigenvalue weighted by molar-refractivity contribution is -0.119. The molecule has 1 aliphatic carbocycles. The van der Waals surface area contributed by atoms with Gasteiger partial charge in [-0.15, -0.1) is 11.3 Å². The van der Waals surface area contributed by atoms with E-state index in [1.807, 2.05) is 20.0 Å². The van der Waals surface area contributed by atoms with E-state index in [0.29, 0.717) is 13.0 Å². The largest absolute Gasteiger partial charge is 0.369 e. The Balaban J connectivity index is 1.46. The number of aromatic amines is 1. The highest BCUT2D eigenvalue weighted by atomic mass is 32.1. The van der Waals surface area contributed by atoms with E-state index in [0.717, 1.165) is 48.7 Å². The van der Waals surface area contributed by atoms with Crippen LogP contribution in [-0.4, -0.2) is 55.9 Å². The molecule has 1 aliphatic heterocycles. The van der Waals surface area contributed by atoms with Gasteiger partial charge in [-0.3, -0.25) is 9.69 Å². The summed E-state index contributed by atoms with van der Waals surface area (Å²) in [5.41, 5.74) is 10.1. The van der Waals surface area contributed by atoms with Crippen molar-refractivity contribution in [2.75, 3.05) is 19.6 Å². The number of carbonyl (C=O) groups excluding carboxylic acids is 1. The number of nitrogens with zero attached hydrogens (tertiary/aromatic N) is 4. The van der Waals surface area contributed by atoms with Crippen LogP contribution in [0.5, 0.6) is 0 Å². The Morgan fingerprint density at radius 3 is 2.83 bits per heavy atom. The quantitative estimate of drug-likeness (QED) is 0.427. The normalized spacial score (nSPS) is 23.9. The Bertz CT molecular complexity index is 1500. The van der Waals surface area contributed by atoms with E-state index in [-0.39, 0.29) is 19.0 Å². The summed E-state index contributed by atoms with van der Waals surface area (Å²) in [6.07, 6.45) is 3.83. The molecule has 35 heavy (non-hydrogen) atoms. The third kappa shape index (κ3) is 2.99. The summed E-state index contributed by atoms with van der Waals surface area (Å²) in [7, 11) is 0. The average Bonchev–Trinajstić information content (AvgIpc) is 3.28. The fourth-order valence-electron chi connectivity index (χ4n) is 6.31. The van der Waals surface area contributed by atoms with E-state index in [9.17, 15) is 4.79 Å². The van der Waals surface area contributed by atoms with Gasteiger partial charge in [0.25, 0.3) is 5.92 Å². The number of likely N-dealkylation sites (tertiary alicyclic amines) is 1. The van der Waals surface area contributed by atoms with Crippen molar-refractivity contribution in [3.05, 3.63) is 40.2 Å². The number of H-pyrrole nitrogens is 1. The number of rotatable bonds is 5. The number of piperidine rings is 1. The lowest BCUT2D eigenvalue weighted by Gasteiger charge is -2.29. The van der Waals surface area contributed by atoms with Gasteiger partial charge in [0.15, 0.2) is 5.65 Å². The maximum Gasteiger partial charge on any atom is 0.264 e. The van der Waals surface area contributed by atoms with Gasteiger partial charge in [0.1, 0.15) is 11.2 Å². The topological polar surface area (TPSA) is 92.3 Å². The molecule has 4 aromatic heterocycles. The number of pyridine rings is 1. The third-order valence-electron chi connectivity index (χ3n) is 7.94. The summed E-state index contributed by atoms with van der Waals surface area (Å²) in [6.45, 7) is 8.94. The first kappa shape index (κ1) is 22.6. The molecule has 0 bridgehead atoms. The second kappa shape index (κ2) is 7.33. The van der Waals surface area contributed by atoms with Gasteiger partial charge in [-0.25, -0.2) is 18.3 Å². The zero-order chi connectivity index (χ0) is 24.9. The number of nitrogens with one attached hydrogen (secondary N) is 1. The molecule has 184 valence electrons. The van der Waals surface area contributed by atoms with Gasteiger partial charge >= 0.3 is 0 Å². The summed E-state index contributed by atoms with van der Waals surface area (Å²) < 4.78 is 32.5. The molecule has 2 fully saturated rings. The first-order valence-corrected chi connectivity index (χ1v) is 12.7. The van der Waals surface area contributed by atoms with Gasteiger partial charge in [0.05, 0.1) is 23.6 Å². The van der Waals surface area contributed by atoms with Crippen molar-refractivity contribution in [2.24, 2.45) is 11.7 Å². The van der Waals surface area contributed by atoms with Gasteiger partial charge in [0, 0.05) is 28.6 Å². The number of aryl methyl sites for hydroxylation is 2. The molecule has 1 saturated carbocycles. The number of carbonyl (C=O) groups is 1. The van der Waals surface area contributed by atoms with Crippen LogP contribution in [-0.2, 0) is 10.2 Å². The van der Waals surface area contributed by atoms with Crippen molar-refractivity contribution in [3.63, 3.8) is 0 Å². The van der Waals surface area contributed by atoms with Crippen LogP contribution >= 0.6 is 11.3 Å². The number of fused-ring (bicyclic) bond motifs is 3. The summed E-state index contributed by atoms with van der Waals surface area (Å²) in [6, 6.07) is 2.10. The van der Waals surface area contributed by atoms with E-state index in [1.54, 1.807) is 15.7 Å². The van der Waals surface area contributed by atoms with Gasteiger partial charge in [-0.05, 0) is 55.5 Å². The summed E-state index contributed by atoms with van der Waals surface area (Å²) in [4.78, 5) is 22.7. The molecule has 5 heterocycles. The van der Waals surface area contributed by atoms with E-state index in [1.165, 1.54) is 11.3 Å². The predicted molar refractivity (Wildman–Crippen MR) is 132 cm³/mol. The highest BCUT2D eigenvalue weighted by Gasteiger charge is 2.82. The van der Waals surface area contributed by atoms with Gasteiger partial charge in [0.2, 0.25) is 5.91 Å². The van der Waals surface area contributed by atoms with E-state index >= 15 is 8.78 Å². The lowest BCUT2D eigenvalue weighted by atomic mass is 9.88. The third-order valence-corrected chi connectivity index (χ3v) is 9.33. The van der Waals surface area contributed by atoms with Crippen molar-refractivity contribution in [1.29, 1.82) is 0 Å². The zero-order valence-electron chi connectivity index (χ0n) is 20.2. The number of amides is 1. The minimum absolute atomic E-state index is 0.0310. The molecule has 7 nitrogen and oxygen atoms in total. The SMILES string of the molecule is Cc1c(C23CCN(CC(N)=O)CC2C3(F)F)sc2[nH]c(-c3cc(C)c4ncnn4c3)c(C(C)C)c12. The number of hydrogen-bond acceptors (Lipinski definition) is 5. The first-order chi connectivity index (χ1) is 16.6. The standard InChI is InChI=1S/C25H28F2N6OS/c1-12(2)18-19-14(4)21(24-5-6-32(10-17(28)34)9-16(24)25(24,26)27)35-23(19)31-20(18)15-7-13(3)22-29-11-30-33(22)8-15/h7-8,11-12,16,31H,5-6,9-10H2,1-4H3,(H2,28,34). The van der Waals surface area contributed by atoms with Gasteiger partial charge in [-0.2, -0.15) is 5.10 Å². The molecule has 1 amide bonds. The number of alkyl halides is 2. The van der Waals surface area contributed by atoms with Crippen molar-refractivity contribution < 1.29 is 13.6 Å². The van der Waals surface area contributed by atoms with Crippen LogP contribution in [0, 0.1) is 19.8 Å². The molecule has 10 heteroatoms. The Labute approximate surface area is 205 Å². The van der Waals surface area contributed by atoms with E-state index < -0.39 is 23.2 Å². The maximum absolute atomic E-state index is 15.4. The van der Waals surface area contributed by atoms with Crippen LogP contribution in [0.1, 0.15) is 47.8 Å². The highest BCUT2D eigenvalue weighted by molar-refractivity contribution is 7.19. The maximum atomic E-state index is 15.4. The number of primary amides is 1. The van der Waals surface area contributed by atoms with Crippen molar-refractivity contribution in [3.8, 4) is 11.3 Å². The second-order valence-corrected chi connectivity index (χ2v) is 11.4.